The molecule has 1 radical (unpaired) electrons. The van der Waals surface area contributed by atoms with Crippen LogP contribution in [-0.4, -0.2) is 27.8 Å². The Bertz CT molecular complexity index is 3360. The number of hydrogen-bond acceptors (Lipinski definition) is 4. The molecule has 11 aromatic rings. The second-order valence-electron chi connectivity index (χ2n) is 17.1. The smallest absolute Gasteiger partial charge is 0.120 e. The van der Waals surface area contributed by atoms with Gasteiger partial charge in [-0.2, -0.15) is 0 Å². The average molecular weight is 1040 g/mol. The van der Waals surface area contributed by atoms with Gasteiger partial charge in [0.1, 0.15) is 5.58 Å². The van der Waals surface area contributed by atoms with Gasteiger partial charge in [0, 0.05) is 31.2 Å². The third kappa shape index (κ3) is 7.72. The zero-order valence-corrected chi connectivity index (χ0v) is 39.9. The molecule has 7 heteroatoms. The molecular weight excluding hydrogens is 999 g/mol. The van der Waals surface area contributed by atoms with E-state index >= 15 is 0 Å². The molecule has 0 saturated carbocycles. The topological polar surface area (TPSA) is 57.0 Å². The summed E-state index contributed by atoms with van der Waals surface area (Å²) in [6, 6.07) is 60.8. The maximum absolute atomic E-state index is 6.32. The van der Waals surface area contributed by atoms with E-state index in [9.17, 15) is 0 Å². The zero-order valence-electron chi connectivity index (χ0n) is 35.4. The Kier molecular flexibility index (Phi) is 11.3. The molecule has 4 aromatic heterocycles. The number of benzene rings is 7. The van der Waals surface area contributed by atoms with Gasteiger partial charge < -0.3 is 8.98 Å². The van der Waals surface area contributed by atoms with E-state index in [1.807, 2.05) is 66.7 Å². The molecule has 0 aliphatic heterocycles. The Morgan fingerprint density at radius 1 is 0.613 bits per heavy atom. The van der Waals surface area contributed by atoms with Crippen LogP contribution in [0.25, 0.3) is 94.4 Å². The summed E-state index contributed by atoms with van der Waals surface area (Å²) in [5.41, 5.74) is 13.1. The monoisotopic (exact) mass is 1050 g/mol. The third-order valence-electron chi connectivity index (χ3n) is 11.4. The summed E-state index contributed by atoms with van der Waals surface area (Å²) in [4.78, 5) is 9.89. The molecule has 0 unspecified atom stereocenters. The van der Waals surface area contributed by atoms with Crippen molar-refractivity contribution in [2.75, 3.05) is 0 Å². The largest absolute Gasteiger partial charge is 0.501 e. The number of aromatic nitrogens is 3. The van der Waals surface area contributed by atoms with E-state index in [1.165, 1.54) is 21.1 Å². The van der Waals surface area contributed by atoms with E-state index in [2.05, 4.69) is 145 Å². The first kappa shape index (κ1) is 41.3. The first-order valence-electron chi connectivity index (χ1n) is 21.0. The number of furan rings is 2. The fourth-order valence-corrected chi connectivity index (χ4v) is 11.9. The van der Waals surface area contributed by atoms with Crippen LogP contribution in [0.5, 0.6) is 0 Å². The second kappa shape index (κ2) is 17.0. The molecule has 4 heterocycles. The number of imidazole rings is 1. The Labute approximate surface area is 378 Å². The average Bonchev–Trinajstić information content (AvgIpc) is 3.98. The van der Waals surface area contributed by atoms with Gasteiger partial charge in [-0.3, -0.25) is 4.98 Å². The summed E-state index contributed by atoms with van der Waals surface area (Å²) in [5.74, 6) is 8.75. The molecule has 0 saturated heterocycles. The minimum atomic E-state index is -1.98. The van der Waals surface area contributed by atoms with Crippen LogP contribution in [0.4, 0.5) is 0 Å². The van der Waals surface area contributed by atoms with E-state index in [1.54, 1.807) is 0 Å². The van der Waals surface area contributed by atoms with E-state index in [0.29, 0.717) is 5.92 Å². The summed E-state index contributed by atoms with van der Waals surface area (Å²) in [6.07, 6.45) is 3.21. The quantitative estimate of drug-likeness (QED) is 0.118. The number of hydrogen-bond donors (Lipinski definition) is 0. The van der Waals surface area contributed by atoms with E-state index in [0.717, 1.165) is 89.7 Å². The standard InChI is InChI=1S/C31H19N2O.C24H26GeNO.Ir/c1-2-9-21(10-3-1)22-17-19-23(20-18-22)33-28-15-6-5-14-27(28)32-31(33)26-13-8-12-25-24-11-4-7-16-29(24)34-30(25)26;1-16(2)13-17-14-22(26-15-21(17)25(3,4)5)20-11-8-10-19-18-9-6-7-12-23(18)27-24(19)20;/h1-12,14-20H;6-10,12,14-16H,13H2,1-5H3;/q2*-1;. The van der Waals surface area contributed by atoms with Gasteiger partial charge in [-0.1, -0.05) is 83.7 Å². The van der Waals surface area contributed by atoms with Crippen molar-refractivity contribution in [2.45, 2.75) is 37.5 Å². The molecule has 307 valence electrons. The number of para-hydroxylation sites is 4. The summed E-state index contributed by atoms with van der Waals surface area (Å²) in [5, 5.41) is 4.44. The van der Waals surface area contributed by atoms with Crippen LogP contribution in [0.2, 0.25) is 17.3 Å². The molecule has 7 aromatic carbocycles. The minimum Gasteiger partial charge on any atom is -0.501 e. The first-order valence-corrected chi connectivity index (χ1v) is 28.3. The normalized spacial score (nSPS) is 11.7. The summed E-state index contributed by atoms with van der Waals surface area (Å²) in [7, 11) is 0. The predicted molar refractivity (Wildman–Crippen MR) is 255 cm³/mol. The van der Waals surface area contributed by atoms with Crippen molar-refractivity contribution in [3.05, 3.63) is 182 Å². The van der Waals surface area contributed by atoms with Crippen LogP contribution in [0.15, 0.2) is 173 Å². The molecule has 0 aliphatic rings. The molecule has 0 amide bonds. The second-order valence-corrected chi connectivity index (χ2v) is 27.7. The Balaban J connectivity index is 0.000000160. The van der Waals surface area contributed by atoms with Gasteiger partial charge in [0.15, 0.2) is 0 Å². The van der Waals surface area contributed by atoms with Crippen molar-refractivity contribution in [3.8, 4) is 39.5 Å². The van der Waals surface area contributed by atoms with Crippen LogP contribution in [-0.2, 0) is 26.5 Å². The van der Waals surface area contributed by atoms with Crippen molar-refractivity contribution < 1.29 is 28.9 Å². The molecule has 0 spiro atoms. The van der Waals surface area contributed by atoms with Gasteiger partial charge in [-0.15, -0.1) is 18.2 Å². The van der Waals surface area contributed by atoms with Gasteiger partial charge >= 0.3 is 164 Å². The Morgan fingerprint density at radius 2 is 1.18 bits per heavy atom. The van der Waals surface area contributed by atoms with Gasteiger partial charge in [-0.25, -0.2) is 0 Å². The molecular formula is C55H45GeIrN3O2-2. The molecule has 0 bridgehead atoms. The van der Waals surface area contributed by atoms with Crippen molar-refractivity contribution in [3.63, 3.8) is 0 Å². The number of pyridine rings is 1. The van der Waals surface area contributed by atoms with E-state index in [-0.39, 0.29) is 20.1 Å². The molecule has 5 nitrogen and oxygen atoms in total. The van der Waals surface area contributed by atoms with Gasteiger partial charge in [0.25, 0.3) is 0 Å². The zero-order chi connectivity index (χ0) is 41.7. The van der Waals surface area contributed by atoms with E-state index < -0.39 is 13.3 Å². The summed E-state index contributed by atoms with van der Waals surface area (Å²) >= 11 is -1.98. The fraction of sp³-hybridized carbons (Fsp3) is 0.127. The summed E-state index contributed by atoms with van der Waals surface area (Å²) in [6.45, 7) is 4.57. The number of fused-ring (bicyclic) bond motifs is 7. The Hall–Kier alpha value is -6.05. The third-order valence-corrected chi connectivity index (χ3v) is 15.7. The van der Waals surface area contributed by atoms with Gasteiger partial charge in [-0.05, 0) is 41.5 Å². The minimum absolute atomic E-state index is 0. The van der Waals surface area contributed by atoms with Crippen molar-refractivity contribution in [1.82, 2.24) is 14.5 Å². The molecule has 0 fully saturated rings. The number of rotatable bonds is 7. The summed E-state index contributed by atoms with van der Waals surface area (Å²) < 4.78 is 16.2. The molecule has 0 N–H and O–H groups in total. The van der Waals surface area contributed by atoms with Crippen LogP contribution in [0, 0.1) is 18.1 Å². The fourth-order valence-electron chi connectivity index (χ4n) is 8.54. The Morgan fingerprint density at radius 3 is 1.82 bits per heavy atom. The number of nitrogens with zero attached hydrogens (tertiary/aromatic N) is 3. The van der Waals surface area contributed by atoms with Gasteiger partial charge in [0.2, 0.25) is 0 Å². The van der Waals surface area contributed by atoms with Crippen molar-refractivity contribution >= 4 is 72.6 Å². The van der Waals surface area contributed by atoms with Gasteiger partial charge in [0.05, 0.1) is 22.4 Å². The van der Waals surface area contributed by atoms with Crippen molar-refractivity contribution in [1.29, 1.82) is 0 Å². The maximum atomic E-state index is 6.32. The van der Waals surface area contributed by atoms with Crippen LogP contribution >= 0.6 is 0 Å². The molecule has 11 rings (SSSR count). The molecule has 62 heavy (non-hydrogen) atoms. The maximum Gasteiger partial charge on any atom is 0.120 e. The molecule has 0 aliphatic carbocycles. The molecule has 0 atom stereocenters. The van der Waals surface area contributed by atoms with E-state index in [4.69, 9.17) is 18.8 Å². The van der Waals surface area contributed by atoms with Crippen LogP contribution < -0.4 is 4.40 Å². The predicted octanol–water partition coefficient (Wildman–Crippen LogP) is 14.2. The first-order chi connectivity index (χ1) is 29.7. The SMILES string of the molecule is CC(C)Cc1cc(-c2[c-]ccc3c2oc2ccccc23)nc[c]1[Ge]([CH3])([CH3])[CH3].[Ir].[c-]1ccc2c(oc3ccccc32)c1-c1nc2ccccc2n1-c1ccc(-c2ccccc2)cc1. The van der Waals surface area contributed by atoms with Crippen LogP contribution in [0.1, 0.15) is 19.4 Å². The van der Waals surface area contributed by atoms with Crippen LogP contribution in [0.3, 0.4) is 0 Å². The van der Waals surface area contributed by atoms with Crippen molar-refractivity contribution in [2.24, 2.45) is 5.92 Å².